The predicted molar refractivity (Wildman–Crippen MR) is 114 cm³/mol. The smallest absolute Gasteiger partial charge is 0.263 e. The fraction of sp³-hybridized carbons (Fsp3) is 0.167. The van der Waals surface area contributed by atoms with Gasteiger partial charge in [0.05, 0.1) is 11.9 Å². The van der Waals surface area contributed by atoms with Crippen LogP contribution in [0.1, 0.15) is 27.9 Å². The monoisotopic (exact) mass is 382 g/mol. The van der Waals surface area contributed by atoms with E-state index in [0.717, 1.165) is 36.6 Å². The lowest BCUT2D eigenvalue weighted by atomic mass is 10.0. The highest BCUT2D eigenvalue weighted by Crippen LogP contribution is 2.30. The standard InChI is InChI=1S/C24H22N4O/c1-18-10-12-20(13-11-18)28-23(26-14-4-5-15-26)21(17-25-28)24(29)27-16-6-8-19-7-2-3-9-22(19)27/h2-5,7,9-15,17H,6,8,16H2,1H3. The highest BCUT2D eigenvalue weighted by molar-refractivity contribution is 6.08. The van der Waals surface area contributed by atoms with Crippen molar-refractivity contribution in [2.75, 3.05) is 11.4 Å². The average Bonchev–Trinajstić information content (AvgIpc) is 3.43. The van der Waals surface area contributed by atoms with E-state index in [4.69, 9.17) is 0 Å². The molecule has 4 aromatic rings. The fourth-order valence-corrected chi connectivity index (χ4v) is 3.98. The van der Waals surface area contributed by atoms with E-state index >= 15 is 0 Å². The van der Waals surface area contributed by atoms with Gasteiger partial charge in [0.2, 0.25) is 0 Å². The normalized spacial score (nSPS) is 13.3. The molecule has 5 heteroatoms. The largest absolute Gasteiger partial charge is 0.308 e. The topological polar surface area (TPSA) is 43.1 Å². The van der Waals surface area contributed by atoms with Gasteiger partial charge in [0.25, 0.3) is 5.91 Å². The lowest BCUT2D eigenvalue weighted by Crippen LogP contribution is -2.35. The van der Waals surface area contributed by atoms with Gasteiger partial charge in [-0.2, -0.15) is 5.10 Å². The summed E-state index contributed by atoms with van der Waals surface area (Å²) < 4.78 is 3.79. The zero-order valence-electron chi connectivity index (χ0n) is 16.3. The van der Waals surface area contributed by atoms with Gasteiger partial charge < -0.3 is 9.47 Å². The summed E-state index contributed by atoms with van der Waals surface area (Å²) in [4.78, 5) is 15.5. The van der Waals surface area contributed by atoms with Crippen molar-refractivity contribution in [3.05, 3.63) is 95.9 Å². The van der Waals surface area contributed by atoms with Crippen LogP contribution in [0, 0.1) is 6.92 Å². The summed E-state index contributed by atoms with van der Waals surface area (Å²) in [6, 6.07) is 20.2. The van der Waals surface area contributed by atoms with E-state index in [0.29, 0.717) is 5.56 Å². The van der Waals surface area contributed by atoms with Crippen molar-refractivity contribution in [2.45, 2.75) is 19.8 Å². The van der Waals surface area contributed by atoms with Gasteiger partial charge in [-0.1, -0.05) is 35.9 Å². The molecule has 144 valence electrons. The third-order valence-corrected chi connectivity index (χ3v) is 5.46. The number of hydrogen-bond acceptors (Lipinski definition) is 2. The molecule has 0 saturated heterocycles. The van der Waals surface area contributed by atoms with Crippen LogP contribution in [0.2, 0.25) is 0 Å². The van der Waals surface area contributed by atoms with Crippen LogP contribution in [0.25, 0.3) is 11.5 Å². The molecule has 2 aromatic heterocycles. The van der Waals surface area contributed by atoms with Gasteiger partial charge in [0.1, 0.15) is 5.56 Å². The molecule has 1 amide bonds. The number of hydrogen-bond donors (Lipinski definition) is 0. The van der Waals surface area contributed by atoms with Crippen LogP contribution >= 0.6 is 0 Å². The molecule has 3 heterocycles. The second kappa shape index (κ2) is 7.09. The van der Waals surface area contributed by atoms with Crippen molar-refractivity contribution < 1.29 is 4.79 Å². The Balaban J connectivity index is 1.63. The van der Waals surface area contributed by atoms with Crippen LogP contribution in [0.4, 0.5) is 5.69 Å². The maximum absolute atomic E-state index is 13.6. The number of amides is 1. The van der Waals surface area contributed by atoms with E-state index in [9.17, 15) is 4.79 Å². The number of rotatable bonds is 3. The molecule has 2 aromatic carbocycles. The van der Waals surface area contributed by atoms with E-state index in [-0.39, 0.29) is 5.91 Å². The lowest BCUT2D eigenvalue weighted by molar-refractivity contribution is 0.0985. The van der Waals surface area contributed by atoms with Gasteiger partial charge in [0.15, 0.2) is 5.82 Å². The van der Waals surface area contributed by atoms with E-state index in [1.807, 2.05) is 69.0 Å². The summed E-state index contributed by atoms with van der Waals surface area (Å²) in [5, 5.41) is 4.59. The first-order valence-electron chi connectivity index (χ1n) is 9.90. The first-order valence-corrected chi connectivity index (χ1v) is 9.90. The second-order valence-corrected chi connectivity index (χ2v) is 7.41. The van der Waals surface area contributed by atoms with Crippen LogP contribution in [0.5, 0.6) is 0 Å². The highest BCUT2D eigenvalue weighted by atomic mass is 16.2. The number of anilines is 1. The molecule has 1 aliphatic rings. The number of carbonyl (C=O) groups is 1. The molecule has 0 radical (unpaired) electrons. The molecule has 0 spiro atoms. The Morgan fingerprint density at radius 3 is 2.52 bits per heavy atom. The molecule has 5 nitrogen and oxygen atoms in total. The molecule has 0 fully saturated rings. The Kier molecular flexibility index (Phi) is 4.28. The minimum atomic E-state index is -0.0146. The predicted octanol–water partition coefficient (Wildman–Crippen LogP) is 4.56. The number of nitrogens with zero attached hydrogens (tertiary/aromatic N) is 4. The summed E-state index contributed by atoms with van der Waals surface area (Å²) in [6.07, 6.45) is 7.56. The van der Waals surface area contributed by atoms with Gasteiger partial charge >= 0.3 is 0 Å². The summed E-state index contributed by atoms with van der Waals surface area (Å²) in [5.74, 6) is 0.742. The van der Waals surface area contributed by atoms with E-state index < -0.39 is 0 Å². The summed E-state index contributed by atoms with van der Waals surface area (Å²) >= 11 is 0. The molecule has 5 rings (SSSR count). The molecule has 0 saturated carbocycles. The quantitative estimate of drug-likeness (QED) is 0.521. The SMILES string of the molecule is Cc1ccc(-n2ncc(C(=O)N3CCCc4ccccc43)c2-n2cccc2)cc1. The number of para-hydroxylation sites is 1. The zero-order chi connectivity index (χ0) is 19.8. The van der Waals surface area contributed by atoms with Crippen LogP contribution in [-0.4, -0.2) is 26.8 Å². The van der Waals surface area contributed by atoms with E-state index in [1.165, 1.54) is 11.1 Å². The Labute approximate surface area is 169 Å². The maximum Gasteiger partial charge on any atom is 0.263 e. The van der Waals surface area contributed by atoms with Crippen molar-refractivity contribution in [1.29, 1.82) is 0 Å². The molecule has 0 aliphatic carbocycles. The van der Waals surface area contributed by atoms with Crippen molar-refractivity contribution in [3.8, 4) is 11.5 Å². The molecular formula is C24H22N4O. The number of fused-ring (bicyclic) bond motifs is 1. The van der Waals surface area contributed by atoms with Crippen molar-refractivity contribution in [2.24, 2.45) is 0 Å². The summed E-state index contributed by atoms with van der Waals surface area (Å²) in [7, 11) is 0. The van der Waals surface area contributed by atoms with Gasteiger partial charge in [-0.15, -0.1) is 0 Å². The second-order valence-electron chi connectivity index (χ2n) is 7.41. The fourth-order valence-electron chi connectivity index (χ4n) is 3.98. The number of carbonyl (C=O) groups excluding carboxylic acids is 1. The summed E-state index contributed by atoms with van der Waals surface area (Å²) in [5.41, 5.74) is 4.94. The van der Waals surface area contributed by atoms with Crippen molar-refractivity contribution >= 4 is 11.6 Å². The first kappa shape index (κ1) is 17.5. The minimum Gasteiger partial charge on any atom is -0.308 e. The van der Waals surface area contributed by atoms with E-state index in [2.05, 4.69) is 30.2 Å². The van der Waals surface area contributed by atoms with Crippen LogP contribution in [0.15, 0.2) is 79.3 Å². The van der Waals surface area contributed by atoms with Gasteiger partial charge in [-0.3, -0.25) is 4.79 Å². The van der Waals surface area contributed by atoms with Crippen molar-refractivity contribution in [3.63, 3.8) is 0 Å². The zero-order valence-corrected chi connectivity index (χ0v) is 16.3. The molecule has 0 N–H and O–H groups in total. The third-order valence-electron chi connectivity index (χ3n) is 5.46. The molecular weight excluding hydrogens is 360 g/mol. The van der Waals surface area contributed by atoms with Gasteiger partial charge in [-0.05, 0) is 55.7 Å². The molecule has 0 unspecified atom stereocenters. The molecule has 1 aliphatic heterocycles. The minimum absolute atomic E-state index is 0.0146. The number of aromatic nitrogens is 3. The first-order chi connectivity index (χ1) is 14.2. The Bertz CT molecular complexity index is 1160. The van der Waals surface area contributed by atoms with Gasteiger partial charge in [0, 0.05) is 24.6 Å². The Morgan fingerprint density at radius 1 is 0.966 bits per heavy atom. The molecule has 0 atom stereocenters. The Hall–Kier alpha value is -3.60. The van der Waals surface area contributed by atoms with Crippen LogP contribution in [0.3, 0.4) is 0 Å². The Morgan fingerprint density at radius 2 is 1.72 bits per heavy atom. The number of benzene rings is 2. The van der Waals surface area contributed by atoms with Crippen LogP contribution < -0.4 is 4.90 Å². The maximum atomic E-state index is 13.6. The molecule has 0 bridgehead atoms. The lowest BCUT2D eigenvalue weighted by Gasteiger charge is -2.29. The highest BCUT2D eigenvalue weighted by Gasteiger charge is 2.28. The van der Waals surface area contributed by atoms with Crippen molar-refractivity contribution in [1.82, 2.24) is 14.3 Å². The average molecular weight is 382 g/mol. The van der Waals surface area contributed by atoms with Crippen LogP contribution in [-0.2, 0) is 6.42 Å². The van der Waals surface area contributed by atoms with Gasteiger partial charge in [-0.25, -0.2) is 4.68 Å². The van der Waals surface area contributed by atoms with E-state index in [1.54, 1.807) is 6.20 Å². The molecule has 29 heavy (non-hydrogen) atoms. The number of aryl methyl sites for hydroxylation is 2. The third kappa shape index (κ3) is 3.05. The summed E-state index contributed by atoms with van der Waals surface area (Å²) in [6.45, 7) is 2.78.